The zero-order valence-electron chi connectivity index (χ0n) is 9.56. The van der Waals surface area contributed by atoms with Crippen LogP contribution in [-0.4, -0.2) is 29.8 Å². The molecule has 0 aliphatic carbocycles. The number of carbonyl (C=O) groups excluding carboxylic acids is 2. The monoisotopic (exact) mass is 220 g/mol. The maximum Gasteiger partial charge on any atom is 0.254 e. The zero-order chi connectivity index (χ0) is 12.1. The smallest absolute Gasteiger partial charge is 0.254 e. The van der Waals surface area contributed by atoms with Crippen molar-refractivity contribution in [2.45, 2.75) is 13.8 Å². The van der Waals surface area contributed by atoms with Gasteiger partial charge in [0.2, 0.25) is 5.91 Å². The van der Waals surface area contributed by atoms with Crippen molar-refractivity contribution in [3.05, 3.63) is 35.4 Å². The highest BCUT2D eigenvalue weighted by Gasteiger charge is 2.18. The summed E-state index contributed by atoms with van der Waals surface area (Å²) < 4.78 is 0. The van der Waals surface area contributed by atoms with Crippen LogP contribution < -0.4 is 5.73 Å². The second-order valence-corrected chi connectivity index (χ2v) is 3.39. The molecule has 0 unspecified atom stereocenters. The van der Waals surface area contributed by atoms with Gasteiger partial charge < -0.3 is 10.6 Å². The van der Waals surface area contributed by atoms with E-state index < -0.39 is 5.91 Å². The average Bonchev–Trinajstić information content (AvgIpc) is 2.30. The minimum atomic E-state index is -0.573. The van der Waals surface area contributed by atoms with Crippen molar-refractivity contribution >= 4 is 11.8 Å². The highest BCUT2D eigenvalue weighted by atomic mass is 16.2. The van der Waals surface area contributed by atoms with Crippen LogP contribution in [0.5, 0.6) is 0 Å². The lowest BCUT2D eigenvalue weighted by atomic mass is 10.1. The fraction of sp³-hybridized carbons (Fsp3) is 0.333. The number of benzene rings is 1. The lowest BCUT2D eigenvalue weighted by Crippen LogP contribution is -2.32. The second-order valence-electron chi connectivity index (χ2n) is 3.39. The third-order valence-electron chi connectivity index (χ3n) is 2.47. The summed E-state index contributed by atoms with van der Waals surface area (Å²) in [7, 11) is 0. The van der Waals surface area contributed by atoms with E-state index in [4.69, 9.17) is 5.73 Å². The number of amides is 2. The van der Waals surface area contributed by atoms with Crippen molar-refractivity contribution in [3.63, 3.8) is 0 Å². The van der Waals surface area contributed by atoms with Crippen molar-refractivity contribution in [1.29, 1.82) is 0 Å². The van der Waals surface area contributed by atoms with E-state index in [0.717, 1.165) is 0 Å². The number of primary amides is 1. The van der Waals surface area contributed by atoms with Crippen LogP contribution in [0.2, 0.25) is 0 Å². The van der Waals surface area contributed by atoms with E-state index in [-0.39, 0.29) is 11.5 Å². The molecule has 1 aromatic rings. The summed E-state index contributed by atoms with van der Waals surface area (Å²) in [6.45, 7) is 5.02. The van der Waals surface area contributed by atoms with E-state index >= 15 is 0 Å². The molecule has 0 saturated heterocycles. The van der Waals surface area contributed by atoms with Crippen LogP contribution in [0.3, 0.4) is 0 Å². The summed E-state index contributed by atoms with van der Waals surface area (Å²) in [6, 6.07) is 6.61. The van der Waals surface area contributed by atoms with Gasteiger partial charge in [-0.1, -0.05) is 12.1 Å². The van der Waals surface area contributed by atoms with E-state index in [9.17, 15) is 9.59 Å². The third-order valence-corrected chi connectivity index (χ3v) is 2.47. The molecule has 2 N–H and O–H groups in total. The van der Waals surface area contributed by atoms with Crippen LogP contribution >= 0.6 is 0 Å². The number of nitrogens with two attached hydrogens (primary N) is 1. The third kappa shape index (κ3) is 2.39. The average molecular weight is 220 g/mol. The Kier molecular flexibility index (Phi) is 4.05. The topological polar surface area (TPSA) is 63.4 Å². The number of hydrogen-bond donors (Lipinski definition) is 1. The van der Waals surface area contributed by atoms with Gasteiger partial charge in [0.15, 0.2) is 0 Å². The summed E-state index contributed by atoms with van der Waals surface area (Å²) in [5.41, 5.74) is 5.88. The van der Waals surface area contributed by atoms with Crippen LogP contribution in [0.1, 0.15) is 34.6 Å². The molecule has 4 nitrogen and oxygen atoms in total. The maximum atomic E-state index is 12.1. The molecule has 0 aliphatic heterocycles. The highest BCUT2D eigenvalue weighted by molar-refractivity contribution is 6.06. The fourth-order valence-electron chi connectivity index (χ4n) is 1.57. The second kappa shape index (κ2) is 5.30. The molecule has 86 valence electrons. The molecule has 0 aromatic heterocycles. The van der Waals surface area contributed by atoms with Gasteiger partial charge >= 0.3 is 0 Å². The molecule has 2 amide bonds. The van der Waals surface area contributed by atoms with Crippen LogP contribution in [0, 0.1) is 0 Å². The fourth-order valence-corrected chi connectivity index (χ4v) is 1.57. The van der Waals surface area contributed by atoms with Gasteiger partial charge in [-0.05, 0) is 26.0 Å². The van der Waals surface area contributed by atoms with Crippen LogP contribution in [0.4, 0.5) is 0 Å². The van der Waals surface area contributed by atoms with Crippen molar-refractivity contribution in [2.75, 3.05) is 13.1 Å². The molecular weight excluding hydrogens is 204 g/mol. The number of carbonyl (C=O) groups is 2. The molecule has 0 fully saturated rings. The first-order valence-electron chi connectivity index (χ1n) is 5.29. The molecule has 0 aliphatic rings. The predicted molar refractivity (Wildman–Crippen MR) is 62.2 cm³/mol. The minimum absolute atomic E-state index is 0.153. The Bertz CT molecular complexity index is 398. The molecule has 0 heterocycles. The number of hydrogen-bond acceptors (Lipinski definition) is 2. The molecule has 0 radical (unpaired) electrons. The van der Waals surface area contributed by atoms with Gasteiger partial charge in [-0.2, -0.15) is 0 Å². The zero-order valence-corrected chi connectivity index (χ0v) is 9.56. The van der Waals surface area contributed by atoms with Gasteiger partial charge in [0.05, 0.1) is 11.1 Å². The highest BCUT2D eigenvalue weighted by Crippen LogP contribution is 2.11. The lowest BCUT2D eigenvalue weighted by molar-refractivity contribution is 0.0767. The van der Waals surface area contributed by atoms with Crippen molar-refractivity contribution in [2.24, 2.45) is 5.73 Å². The molecule has 16 heavy (non-hydrogen) atoms. The normalized spacial score (nSPS) is 9.88. The van der Waals surface area contributed by atoms with E-state index in [1.165, 1.54) is 0 Å². The Balaban J connectivity index is 3.12. The van der Waals surface area contributed by atoms with Crippen LogP contribution in [0.25, 0.3) is 0 Å². The first kappa shape index (κ1) is 12.2. The lowest BCUT2D eigenvalue weighted by Gasteiger charge is -2.19. The Morgan fingerprint density at radius 3 is 2.06 bits per heavy atom. The Hall–Kier alpha value is -1.84. The first-order chi connectivity index (χ1) is 7.61. The Morgan fingerprint density at radius 2 is 1.62 bits per heavy atom. The predicted octanol–water partition coefficient (Wildman–Crippen LogP) is 1.27. The van der Waals surface area contributed by atoms with Crippen molar-refractivity contribution in [1.82, 2.24) is 4.90 Å². The molecule has 1 aromatic carbocycles. The summed E-state index contributed by atoms with van der Waals surface area (Å²) in [5.74, 6) is -0.726. The summed E-state index contributed by atoms with van der Waals surface area (Å²) >= 11 is 0. The molecule has 0 bridgehead atoms. The number of nitrogens with zero attached hydrogens (tertiary/aromatic N) is 1. The van der Waals surface area contributed by atoms with E-state index in [1.807, 2.05) is 13.8 Å². The molecule has 1 rings (SSSR count). The van der Waals surface area contributed by atoms with Gasteiger partial charge in [-0.15, -0.1) is 0 Å². The van der Waals surface area contributed by atoms with Crippen LogP contribution in [-0.2, 0) is 0 Å². The molecule has 0 spiro atoms. The molecule has 0 atom stereocenters. The molecule has 4 heteroatoms. The quantitative estimate of drug-likeness (QED) is 0.830. The summed E-state index contributed by atoms with van der Waals surface area (Å²) in [5, 5.41) is 0. The van der Waals surface area contributed by atoms with E-state index in [1.54, 1.807) is 29.2 Å². The van der Waals surface area contributed by atoms with Gasteiger partial charge in [0, 0.05) is 13.1 Å². The van der Waals surface area contributed by atoms with Gasteiger partial charge in [-0.3, -0.25) is 9.59 Å². The van der Waals surface area contributed by atoms with Gasteiger partial charge in [0.1, 0.15) is 0 Å². The largest absolute Gasteiger partial charge is 0.366 e. The first-order valence-corrected chi connectivity index (χ1v) is 5.29. The maximum absolute atomic E-state index is 12.1. The summed E-state index contributed by atoms with van der Waals surface area (Å²) in [4.78, 5) is 24.9. The van der Waals surface area contributed by atoms with Crippen LogP contribution in [0.15, 0.2) is 24.3 Å². The van der Waals surface area contributed by atoms with Gasteiger partial charge in [-0.25, -0.2) is 0 Å². The van der Waals surface area contributed by atoms with E-state index in [0.29, 0.717) is 18.7 Å². The van der Waals surface area contributed by atoms with E-state index in [2.05, 4.69) is 0 Å². The van der Waals surface area contributed by atoms with Crippen molar-refractivity contribution < 1.29 is 9.59 Å². The van der Waals surface area contributed by atoms with Gasteiger partial charge in [0.25, 0.3) is 5.91 Å². The summed E-state index contributed by atoms with van der Waals surface area (Å²) in [6.07, 6.45) is 0. The number of rotatable bonds is 4. The standard InChI is InChI=1S/C12H16N2O2/c1-3-14(4-2)12(16)10-8-6-5-7-9(10)11(13)15/h5-8H,3-4H2,1-2H3,(H2,13,15). The molecular formula is C12H16N2O2. The molecule has 0 saturated carbocycles. The SMILES string of the molecule is CCN(CC)C(=O)c1ccccc1C(N)=O. The Labute approximate surface area is 95.0 Å². The minimum Gasteiger partial charge on any atom is -0.366 e. The van der Waals surface area contributed by atoms with Crippen molar-refractivity contribution in [3.8, 4) is 0 Å². The Morgan fingerprint density at radius 1 is 1.12 bits per heavy atom.